The Hall–Kier alpha value is -2.29. The van der Waals surface area contributed by atoms with Crippen LogP contribution in [0.4, 0.5) is 0 Å². The van der Waals surface area contributed by atoms with Gasteiger partial charge in [0.15, 0.2) is 0 Å². The number of aromatic amines is 1. The van der Waals surface area contributed by atoms with E-state index < -0.39 is 0 Å². The zero-order valence-electron chi connectivity index (χ0n) is 12.9. The number of hydrogen-bond acceptors (Lipinski definition) is 2. The molecule has 3 rings (SSSR count). The molecule has 108 valence electrons. The van der Waals surface area contributed by atoms with E-state index in [0.29, 0.717) is 0 Å². The van der Waals surface area contributed by atoms with E-state index in [1.807, 2.05) is 24.3 Å². The van der Waals surface area contributed by atoms with Gasteiger partial charge in [0.1, 0.15) is 11.6 Å². The molecule has 0 saturated heterocycles. The average Bonchev–Trinajstić information content (AvgIpc) is 2.89. The van der Waals surface area contributed by atoms with Crippen LogP contribution in [0.25, 0.3) is 22.4 Å². The molecule has 0 atom stereocenters. The molecule has 3 nitrogen and oxygen atoms in total. The summed E-state index contributed by atoms with van der Waals surface area (Å²) in [6.07, 6.45) is 0. The molecule has 0 aliphatic rings. The van der Waals surface area contributed by atoms with E-state index in [-0.39, 0.29) is 5.41 Å². The molecule has 1 heterocycles. The topological polar surface area (TPSA) is 37.9 Å². The lowest BCUT2D eigenvalue weighted by Gasteiger charge is -2.20. The van der Waals surface area contributed by atoms with Crippen LogP contribution in [-0.2, 0) is 5.41 Å². The largest absolute Gasteiger partial charge is 0.496 e. The second-order valence-electron chi connectivity index (χ2n) is 6.27. The minimum absolute atomic E-state index is 0.0969. The van der Waals surface area contributed by atoms with Crippen molar-refractivity contribution in [2.24, 2.45) is 0 Å². The van der Waals surface area contributed by atoms with Gasteiger partial charge in [-0.25, -0.2) is 4.98 Å². The van der Waals surface area contributed by atoms with Gasteiger partial charge in [0.2, 0.25) is 0 Å². The van der Waals surface area contributed by atoms with E-state index in [4.69, 9.17) is 4.74 Å². The first-order valence-corrected chi connectivity index (χ1v) is 7.12. The van der Waals surface area contributed by atoms with Gasteiger partial charge in [0.05, 0.1) is 23.7 Å². The number of imidazole rings is 1. The van der Waals surface area contributed by atoms with Crippen molar-refractivity contribution >= 4 is 11.0 Å². The highest BCUT2D eigenvalue weighted by Gasteiger charge is 2.17. The second-order valence-corrected chi connectivity index (χ2v) is 6.27. The number of nitrogens with zero attached hydrogens (tertiary/aromatic N) is 1. The smallest absolute Gasteiger partial charge is 0.142 e. The molecule has 0 saturated carbocycles. The zero-order chi connectivity index (χ0) is 15.0. The number of ether oxygens (including phenoxy) is 1. The van der Waals surface area contributed by atoms with Crippen LogP contribution < -0.4 is 4.74 Å². The number of methoxy groups -OCH3 is 1. The van der Waals surface area contributed by atoms with Crippen LogP contribution in [0.3, 0.4) is 0 Å². The van der Waals surface area contributed by atoms with Crippen LogP contribution in [0.15, 0.2) is 42.5 Å². The molecular weight excluding hydrogens is 260 g/mol. The summed E-state index contributed by atoms with van der Waals surface area (Å²) in [4.78, 5) is 8.00. The van der Waals surface area contributed by atoms with Crippen molar-refractivity contribution in [1.29, 1.82) is 0 Å². The number of para-hydroxylation sites is 2. The lowest BCUT2D eigenvalue weighted by molar-refractivity contribution is 0.414. The van der Waals surface area contributed by atoms with Gasteiger partial charge >= 0.3 is 0 Å². The van der Waals surface area contributed by atoms with Crippen molar-refractivity contribution < 1.29 is 4.74 Å². The van der Waals surface area contributed by atoms with E-state index in [2.05, 4.69) is 48.9 Å². The predicted molar refractivity (Wildman–Crippen MR) is 86.8 cm³/mol. The Morgan fingerprint density at radius 3 is 2.48 bits per heavy atom. The molecule has 0 amide bonds. The van der Waals surface area contributed by atoms with E-state index in [9.17, 15) is 0 Å². The zero-order valence-corrected chi connectivity index (χ0v) is 12.9. The average molecular weight is 280 g/mol. The van der Waals surface area contributed by atoms with Crippen LogP contribution in [0, 0.1) is 0 Å². The molecule has 0 unspecified atom stereocenters. The third-order valence-electron chi connectivity index (χ3n) is 3.71. The Balaban J connectivity index is 2.13. The first-order valence-electron chi connectivity index (χ1n) is 7.12. The molecule has 21 heavy (non-hydrogen) atoms. The van der Waals surface area contributed by atoms with Gasteiger partial charge in [-0.05, 0) is 35.2 Å². The Morgan fingerprint density at radius 2 is 1.81 bits per heavy atom. The molecule has 1 aromatic heterocycles. The number of rotatable bonds is 2. The molecular formula is C18H20N2O. The maximum Gasteiger partial charge on any atom is 0.142 e. The van der Waals surface area contributed by atoms with Crippen LogP contribution in [-0.4, -0.2) is 17.1 Å². The van der Waals surface area contributed by atoms with E-state index >= 15 is 0 Å². The Morgan fingerprint density at radius 1 is 1.05 bits per heavy atom. The second kappa shape index (κ2) is 4.92. The molecule has 0 radical (unpaired) electrons. The first kappa shape index (κ1) is 13.7. The Kier molecular flexibility index (Phi) is 3.20. The fourth-order valence-corrected chi connectivity index (χ4v) is 2.43. The van der Waals surface area contributed by atoms with Crippen molar-refractivity contribution in [3.8, 4) is 17.1 Å². The van der Waals surface area contributed by atoms with Crippen LogP contribution >= 0.6 is 0 Å². The summed E-state index contributed by atoms with van der Waals surface area (Å²) in [7, 11) is 1.70. The summed E-state index contributed by atoms with van der Waals surface area (Å²) in [5.74, 6) is 1.69. The molecule has 1 N–H and O–H groups in total. The van der Waals surface area contributed by atoms with E-state index in [0.717, 1.165) is 28.2 Å². The van der Waals surface area contributed by atoms with Gasteiger partial charge in [-0.2, -0.15) is 0 Å². The monoisotopic (exact) mass is 280 g/mol. The van der Waals surface area contributed by atoms with Gasteiger partial charge in [-0.3, -0.25) is 0 Å². The van der Waals surface area contributed by atoms with Crippen molar-refractivity contribution in [2.45, 2.75) is 26.2 Å². The predicted octanol–water partition coefficient (Wildman–Crippen LogP) is 4.54. The number of aromatic nitrogens is 2. The highest BCUT2D eigenvalue weighted by atomic mass is 16.5. The number of nitrogens with one attached hydrogen (secondary N) is 1. The van der Waals surface area contributed by atoms with Gasteiger partial charge in [-0.1, -0.05) is 39.0 Å². The number of benzene rings is 2. The molecule has 0 aliphatic heterocycles. The summed E-state index contributed by atoms with van der Waals surface area (Å²) in [6.45, 7) is 6.59. The molecule has 0 spiro atoms. The maximum atomic E-state index is 5.57. The number of H-pyrrole nitrogens is 1. The SMILES string of the molecule is COc1cc(C(C)(C)C)ccc1-c1nc2ccccc2[nH]1. The summed E-state index contributed by atoms with van der Waals surface area (Å²) in [5, 5.41) is 0. The quantitative estimate of drug-likeness (QED) is 0.748. The number of fused-ring (bicyclic) bond motifs is 1. The molecule has 2 aromatic carbocycles. The minimum Gasteiger partial charge on any atom is -0.496 e. The summed E-state index contributed by atoms with van der Waals surface area (Å²) >= 11 is 0. The lowest BCUT2D eigenvalue weighted by atomic mass is 9.86. The fourth-order valence-electron chi connectivity index (χ4n) is 2.43. The fraction of sp³-hybridized carbons (Fsp3) is 0.278. The van der Waals surface area contributed by atoms with Crippen LogP contribution in [0.2, 0.25) is 0 Å². The molecule has 3 aromatic rings. The van der Waals surface area contributed by atoms with Gasteiger partial charge in [0.25, 0.3) is 0 Å². The van der Waals surface area contributed by atoms with Crippen molar-refractivity contribution in [3.05, 3.63) is 48.0 Å². The Labute approximate surface area is 125 Å². The van der Waals surface area contributed by atoms with E-state index in [1.165, 1.54) is 5.56 Å². The Bertz CT molecular complexity index is 748. The first-order chi connectivity index (χ1) is 9.99. The summed E-state index contributed by atoms with van der Waals surface area (Å²) in [5.41, 5.74) is 4.34. The molecule has 0 fully saturated rings. The minimum atomic E-state index is 0.0969. The van der Waals surface area contributed by atoms with Gasteiger partial charge in [-0.15, -0.1) is 0 Å². The van der Waals surface area contributed by atoms with Gasteiger partial charge in [0, 0.05) is 0 Å². The molecule has 0 aliphatic carbocycles. The maximum absolute atomic E-state index is 5.57. The van der Waals surface area contributed by atoms with E-state index in [1.54, 1.807) is 7.11 Å². The third-order valence-corrected chi connectivity index (χ3v) is 3.71. The highest BCUT2D eigenvalue weighted by Crippen LogP contribution is 2.34. The van der Waals surface area contributed by atoms with Crippen LogP contribution in [0.5, 0.6) is 5.75 Å². The lowest BCUT2D eigenvalue weighted by Crippen LogP contribution is -2.11. The van der Waals surface area contributed by atoms with Gasteiger partial charge < -0.3 is 9.72 Å². The third kappa shape index (κ3) is 2.51. The molecule has 3 heteroatoms. The molecule has 0 bridgehead atoms. The normalized spacial score (nSPS) is 11.8. The van der Waals surface area contributed by atoms with Crippen molar-refractivity contribution in [3.63, 3.8) is 0 Å². The number of hydrogen-bond donors (Lipinski definition) is 1. The van der Waals surface area contributed by atoms with Crippen molar-refractivity contribution in [2.75, 3.05) is 7.11 Å². The standard InChI is InChI=1S/C18H20N2O/c1-18(2,3)12-9-10-13(16(11-12)21-4)17-19-14-7-5-6-8-15(14)20-17/h5-11H,1-4H3,(H,19,20). The van der Waals surface area contributed by atoms with Crippen molar-refractivity contribution in [1.82, 2.24) is 9.97 Å². The summed E-state index contributed by atoms with van der Waals surface area (Å²) < 4.78 is 5.57. The summed E-state index contributed by atoms with van der Waals surface area (Å²) in [6, 6.07) is 14.4. The van der Waals surface area contributed by atoms with Crippen LogP contribution in [0.1, 0.15) is 26.3 Å². The highest BCUT2D eigenvalue weighted by molar-refractivity contribution is 5.80.